The van der Waals surface area contributed by atoms with Crippen molar-refractivity contribution in [2.75, 3.05) is 18.5 Å². The summed E-state index contributed by atoms with van der Waals surface area (Å²) in [6.45, 7) is 2.85. The molecule has 3 aromatic heterocycles. The second-order valence-electron chi connectivity index (χ2n) is 7.95. The minimum absolute atomic E-state index is 0.193. The maximum atomic E-state index is 13.6. The molecule has 1 fully saturated rings. The van der Waals surface area contributed by atoms with Crippen LogP contribution >= 0.6 is 0 Å². The van der Waals surface area contributed by atoms with Gasteiger partial charge in [0.2, 0.25) is 5.91 Å². The Morgan fingerprint density at radius 1 is 1.12 bits per heavy atom. The zero-order valence-corrected chi connectivity index (χ0v) is 17.9. The van der Waals surface area contributed by atoms with Gasteiger partial charge in [0.15, 0.2) is 11.5 Å². The van der Waals surface area contributed by atoms with E-state index >= 15 is 0 Å². The number of fused-ring (bicyclic) bond motifs is 1. The van der Waals surface area contributed by atoms with Crippen molar-refractivity contribution in [2.24, 2.45) is 7.05 Å². The van der Waals surface area contributed by atoms with Gasteiger partial charge >= 0.3 is 0 Å². The summed E-state index contributed by atoms with van der Waals surface area (Å²) in [5, 5.41) is 12.3. The Hall–Kier alpha value is -3.59. The van der Waals surface area contributed by atoms with Gasteiger partial charge in [0, 0.05) is 38.7 Å². The summed E-state index contributed by atoms with van der Waals surface area (Å²) in [6.07, 6.45) is 3.48. The highest BCUT2D eigenvalue weighted by molar-refractivity contribution is 5.88. The number of benzene rings is 1. The molecule has 1 aromatic carbocycles. The van der Waals surface area contributed by atoms with Crippen LogP contribution in [0.4, 0.5) is 10.2 Å². The van der Waals surface area contributed by atoms with E-state index < -0.39 is 0 Å². The van der Waals surface area contributed by atoms with Crippen LogP contribution in [-0.4, -0.2) is 43.5 Å². The average Bonchev–Trinajstić information content (AvgIpc) is 3.33. The van der Waals surface area contributed by atoms with Gasteiger partial charge in [-0.1, -0.05) is 0 Å². The molecule has 1 N–H and O–H groups in total. The van der Waals surface area contributed by atoms with Crippen molar-refractivity contribution in [3.63, 3.8) is 0 Å². The molecular weight excluding hydrogens is 411 g/mol. The van der Waals surface area contributed by atoms with Crippen LogP contribution in [-0.2, 0) is 16.6 Å². The van der Waals surface area contributed by atoms with Gasteiger partial charge in [0.1, 0.15) is 11.5 Å². The Morgan fingerprint density at radius 3 is 2.59 bits per heavy atom. The molecule has 0 unspecified atom stereocenters. The number of nitrogens with one attached hydrogen (secondary N) is 1. The highest BCUT2D eigenvalue weighted by atomic mass is 19.1. The first-order valence-corrected chi connectivity index (χ1v) is 10.5. The van der Waals surface area contributed by atoms with Crippen molar-refractivity contribution in [2.45, 2.75) is 25.7 Å². The third-order valence-corrected chi connectivity index (χ3v) is 5.70. The van der Waals surface area contributed by atoms with E-state index in [1.807, 2.05) is 23.9 Å². The minimum Gasteiger partial charge on any atom is -0.381 e. The summed E-state index contributed by atoms with van der Waals surface area (Å²) in [4.78, 5) is 15.8. The number of aryl methyl sites for hydroxylation is 1. The molecular formula is C23H23FN6O2. The Kier molecular flexibility index (Phi) is 5.18. The lowest BCUT2D eigenvalue weighted by atomic mass is 9.90. The van der Waals surface area contributed by atoms with E-state index in [-0.39, 0.29) is 17.6 Å². The molecule has 5 rings (SSSR count). The van der Waals surface area contributed by atoms with Crippen LogP contribution in [0.2, 0.25) is 0 Å². The zero-order chi connectivity index (χ0) is 22.2. The maximum Gasteiger partial charge on any atom is 0.222 e. The second-order valence-corrected chi connectivity index (χ2v) is 7.95. The van der Waals surface area contributed by atoms with Crippen molar-refractivity contribution >= 4 is 17.4 Å². The van der Waals surface area contributed by atoms with Gasteiger partial charge in [0.05, 0.1) is 23.1 Å². The SMILES string of the molecule is CC(=O)Nc1cn2nc(-c3c(-c4ccc(F)cc4)nn(C)c3C3CCOCC3)ccc2n1. The number of rotatable bonds is 4. The summed E-state index contributed by atoms with van der Waals surface area (Å²) in [5.74, 6) is 0.234. The van der Waals surface area contributed by atoms with Crippen molar-refractivity contribution in [1.29, 1.82) is 0 Å². The van der Waals surface area contributed by atoms with Crippen molar-refractivity contribution < 1.29 is 13.9 Å². The molecule has 1 amide bonds. The Bertz CT molecular complexity index is 1290. The summed E-state index contributed by atoms with van der Waals surface area (Å²) in [5.41, 5.74) is 4.93. The van der Waals surface area contributed by atoms with Crippen LogP contribution in [0, 0.1) is 5.82 Å². The Labute approximate surface area is 184 Å². The smallest absolute Gasteiger partial charge is 0.222 e. The first-order valence-electron chi connectivity index (χ1n) is 10.5. The first kappa shape index (κ1) is 20.3. The predicted molar refractivity (Wildman–Crippen MR) is 118 cm³/mol. The third-order valence-electron chi connectivity index (χ3n) is 5.70. The number of carbonyl (C=O) groups excluding carboxylic acids is 1. The molecule has 0 atom stereocenters. The molecule has 1 aliphatic heterocycles. The van der Waals surface area contributed by atoms with E-state index in [2.05, 4.69) is 10.3 Å². The number of hydrogen-bond acceptors (Lipinski definition) is 5. The van der Waals surface area contributed by atoms with Crippen LogP contribution in [0.3, 0.4) is 0 Å². The standard InChI is InChI=1S/C23H23FN6O2/c1-14(31)25-19-13-30-20(26-19)8-7-18(27-30)21-22(15-3-5-17(24)6-4-15)28-29(2)23(21)16-9-11-32-12-10-16/h3-8,13,16H,9-12H2,1-2H3,(H,25,31). The molecule has 4 heterocycles. The van der Waals surface area contributed by atoms with Crippen molar-refractivity contribution in [1.82, 2.24) is 24.4 Å². The first-order chi connectivity index (χ1) is 15.5. The van der Waals surface area contributed by atoms with E-state index in [0.29, 0.717) is 24.7 Å². The lowest BCUT2D eigenvalue weighted by molar-refractivity contribution is -0.114. The number of amides is 1. The van der Waals surface area contributed by atoms with Gasteiger partial charge in [-0.2, -0.15) is 10.2 Å². The molecule has 1 saturated heterocycles. The minimum atomic E-state index is -0.292. The van der Waals surface area contributed by atoms with Crippen molar-refractivity contribution in [3.8, 4) is 22.5 Å². The van der Waals surface area contributed by atoms with Crippen LogP contribution < -0.4 is 5.32 Å². The lowest BCUT2D eigenvalue weighted by Gasteiger charge is -2.23. The van der Waals surface area contributed by atoms with E-state index in [9.17, 15) is 9.18 Å². The van der Waals surface area contributed by atoms with Gasteiger partial charge in [-0.25, -0.2) is 13.9 Å². The number of carbonyl (C=O) groups is 1. The van der Waals surface area contributed by atoms with E-state index in [1.165, 1.54) is 19.1 Å². The van der Waals surface area contributed by atoms with Gasteiger partial charge in [0.25, 0.3) is 0 Å². The fourth-order valence-electron chi connectivity index (χ4n) is 4.29. The normalized spacial score (nSPS) is 14.7. The fourth-order valence-corrected chi connectivity index (χ4v) is 4.29. The lowest BCUT2D eigenvalue weighted by Crippen LogP contribution is -2.17. The van der Waals surface area contributed by atoms with Crippen LogP contribution in [0.1, 0.15) is 31.4 Å². The van der Waals surface area contributed by atoms with E-state index in [0.717, 1.165) is 41.1 Å². The zero-order valence-electron chi connectivity index (χ0n) is 17.9. The molecule has 0 radical (unpaired) electrons. The van der Waals surface area contributed by atoms with Crippen LogP contribution in [0.15, 0.2) is 42.6 Å². The molecule has 32 heavy (non-hydrogen) atoms. The number of anilines is 1. The second kappa shape index (κ2) is 8.16. The molecule has 0 spiro atoms. The molecule has 8 nitrogen and oxygen atoms in total. The van der Waals surface area contributed by atoms with Gasteiger partial charge in [-0.15, -0.1) is 0 Å². The monoisotopic (exact) mass is 434 g/mol. The molecule has 0 aliphatic carbocycles. The highest BCUT2D eigenvalue weighted by Crippen LogP contribution is 2.40. The maximum absolute atomic E-state index is 13.6. The number of hydrogen-bond donors (Lipinski definition) is 1. The van der Waals surface area contributed by atoms with Crippen LogP contribution in [0.5, 0.6) is 0 Å². The van der Waals surface area contributed by atoms with Gasteiger partial charge in [-0.05, 0) is 49.2 Å². The average molecular weight is 434 g/mol. The van der Waals surface area contributed by atoms with E-state index in [1.54, 1.807) is 22.8 Å². The quantitative estimate of drug-likeness (QED) is 0.528. The highest BCUT2D eigenvalue weighted by Gasteiger charge is 2.28. The number of imidazole rings is 1. The van der Waals surface area contributed by atoms with Gasteiger partial charge < -0.3 is 10.1 Å². The summed E-state index contributed by atoms with van der Waals surface area (Å²) in [7, 11) is 1.94. The molecule has 0 saturated carbocycles. The van der Waals surface area contributed by atoms with Gasteiger partial charge in [-0.3, -0.25) is 9.48 Å². The number of aromatic nitrogens is 5. The third kappa shape index (κ3) is 3.75. The summed E-state index contributed by atoms with van der Waals surface area (Å²) >= 11 is 0. The Morgan fingerprint density at radius 2 is 1.88 bits per heavy atom. The molecule has 1 aliphatic rings. The summed E-state index contributed by atoms with van der Waals surface area (Å²) in [6, 6.07) is 10.1. The fraction of sp³-hybridized carbons (Fsp3) is 0.304. The topological polar surface area (TPSA) is 86.3 Å². The Balaban J connectivity index is 1.68. The van der Waals surface area contributed by atoms with E-state index in [4.69, 9.17) is 14.9 Å². The van der Waals surface area contributed by atoms with Crippen LogP contribution in [0.25, 0.3) is 28.2 Å². The molecule has 9 heteroatoms. The largest absolute Gasteiger partial charge is 0.381 e. The number of nitrogens with zero attached hydrogens (tertiary/aromatic N) is 5. The number of halogens is 1. The molecule has 4 aromatic rings. The predicted octanol–water partition coefficient (Wildman–Crippen LogP) is 3.79. The molecule has 164 valence electrons. The molecule has 0 bridgehead atoms. The number of ether oxygens (including phenoxy) is 1. The summed E-state index contributed by atoms with van der Waals surface area (Å²) < 4.78 is 22.7. The van der Waals surface area contributed by atoms with Crippen molar-refractivity contribution in [3.05, 3.63) is 54.1 Å².